The van der Waals surface area contributed by atoms with Crippen LogP contribution < -0.4 is 0 Å². The van der Waals surface area contributed by atoms with E-state index in [0.29, 0.717) is 0 Å². The van der Waals surface area contributed by atoms with Crippen LogP contribution in [0.4, 0.5) is 0 Å². The molecular weight excluding hydrogens is 146 g/mol. The van der Waals surface area contributed by atoms with Crippen LogP contribution in [0.1, 0.15) is 26.2 Å². The predicted octanol–water partition coefficient (Wildman–Crippen LogP) is 3.08. The summed E-state index contributed by atoms with van der Waals surface area (Å²) in [5, 5.41) is 0. The van der Waals surface area contributed by atoms with Gasteiger partial charge in [0.15, 0.2) is 0 Å². The first-order valence-corrected chi connectivity index (χ1v) is 4.63. The fraction of sp³-hybridized carbons (Fsp3) is 0.455. The van der Waals surface area contributed by atoms with Gasteiger partial charge in [0, 0.05) is 12.2 Å². The van der Waals surface area contributed by atoms with Gasteiger partial charge in [0.25, 0.3) is 0 Å². The molecule has 0 fully saturated rings. The molecule has 0 bridgehead atoms. The second-order valence-corrected chi connectivity index (χ2v) is 3.02. The highest BCUT2D eigenvalue weighted by atomic mass is 15.1. The average molecular weight is 163 g/mol. The molecule has 1 rings (SSSR count). The molecule has 1 aliphatic rings. The summed E-state index contributed by atoms with van der Waals surface area (Å²) in [6.45, 7) is 7.00. The second kappa shape index (κ2) is 4.81. The SMILES string of the molecule is C=CN1CC=CC=C1CCCC. The van der Waals surface area contributed by atoms with Gasteiger partial charge in [0.2, 0.25) is 0 Å². The molecule has 0 saturated heterocycles. The number of rotatable bonds is 4. The second-order valence-electron chi connectivity index (χ2n) is 3.02. The van der Waals surface area contributed by atoms with Crippen LogP contribution in [0.15, 0.2) is 36.7 Å². The summed E-state index contributed by atoms with van der Waals surface area (Å²) < 4.78 is 0. The Kier molecular flexibility index (Phi) is 3.65. The molecule has 0 aliphatic carbocycles. The van der Waals surface area contributed by atoms with Crippen LogP contribution in [0.25, 0.3) is 0 Å². The van der Waals surface area contributed by atoms with Gasteiger partial charge in [-0.15, -0.1) is 0 Å². The van der Waals surface area contributed by atoms with E-state index >= 15 is 0 Å². The lowest BCUT2D eigenvalue weighted by molar-refractivity contribution is 0.479. The molecule has 0 aromatic heterocycles. The number of unbranched alkanes of at least 4 members (excludes halogenated alkanes) is 1. The summed E-state index contributed by atoms with van der Waals surface area (Å²) in [5.41, 5.74) is 1.40. The molecular formula is C11H17N. The van der Waals surface area contributed by atoms with E-state index in [0.717, 1.165) is 6.54 Å². The Labute approximate surface area is 75.1 Å². The topological polar surface area (TPSA) is 3.24 Å². The number of hydrogen-bond donors (Lipinski definition) is 0. The maximum absolute atomic E-state index is 3.79. The van der Waals surface area contributed by atoms with Gasteiger partial charge in [0.1, 0.15) is 0 Å². The Bertz CT molecular complexity index is 201. The van der Waals surface area contributed by atoms with E-state index in [4.69, 9.17) is 0 Å². The maximum Gasteiger partial charge on any atom is 0.0405 e. The normalized spacial score (nSPS) is 16.1. The van der Waals surface area contributed by atoms with Crippen molar-refractivity contribution in [2.24, 2.45) is 0 Å². The minimum absolute atomic E-state index is 0.985. The number of allylic oxidation sites excluding steroid dienone is 3. The van der Waals surface area contributed by atoms with Gasteiger partial charge in [-0.3, -0.25) is 0 Å². The van der Waals surface area contributed by atoms with Crippen molar-refractivity contribution >= 4 is 0 Å². The summed E-state index contributed by atoms with van der Waals surface area (Å²) in [6.07, 6.45) is 12.1. The van der Waals surface area contributed by atoms with Crippen molar-refractivity contribution < 1.29 is 0 Å². The lowest BCUT2D eigenvalue weighted by Gasteiger charge is -2.23. The van der Waals surface area contributed by atoms with Crippen molar-refractivity contribution in [2.75, 3.05) is 6.54 Å². The smallest absolute Gasteiger partial charge is 0.0405 e. The quantitative estimate of drug-likeness (QED) is 0.615. The summed E-state index contributed by atoms with van der Waals surface area (Å²) in [6, 6.07) is 0. The zero-order valence-corrected chi connectivity index (χ0v) is 7.79. The molecule has 0 radical (unpaired) electrons. The lowest BCUT2D eigenvalue weighted by atomic mass is 10.1. The Balaban J connectivity index is 2.51. The first kappa shape index (κ1) is 9.11. The highest BCUT2D eigenvalue weighted by Gasteiger charge is 2.05. The van der Waals surface area contributed by atoms with Gasteiger partial charge < -0.3 is 4.90 Å². The highest BCUT2D eigenvalue weighted by molar-refractivity contribution is 5.19. The third-order valence-electron chi connectivity index (χ3n) is 2.10. The van der Waals surface area contributed by atoms with Crippen LogP contribution in [0, 0.1) is 0 Å². The molecule has 0 spiro atoms. The van der Waals surface area contributed by atoms with Crippen molar-refractivity contribution in [2.45, 2.75) is 26.2 Å². The van der Waals surface area contributed by atoms with E-state index in [-0.39, 0.29) is 0 Å². The Morgan fingerprint density at radius 3 is 3.17 bits per heavy atom. The van der Waals surface area contributed by atoms with Crippen LogP contribution in [0.3, 0.4) is 0 Å². The van der Waals surface area contributed by atoms with Crippen molar-refractivity contribution in [3.63, 3.8) is 0 Å². The summed E-state index contributed by atoms with van der Waals surface area (Å²) in [7, 11) is 0. The van der Waals surface area contributed by atoms with Gasteiger partial charge in [-0.2, -0.15) is 0 Å². The van der Waals surface area contributed by atoms with Crippen LogP contribution in [-0.2, 0) is 0 Å². The largest absolute Gasteiger partial charge is 0.348 e. The van der Waals surface area contributed by atoms with Crippen molar-refractivity contribution in [1.29, 1.82) is 0 Å². The minimum Gasteiger partial charge on any atom is -0.348 e. The molecule has 66 valence electrons. The number of nitrogens with zero attached hydrogens (tertiary/aromatic N) is 1. The van der Waals surface area contributed by atoms with Crippen LogP contribution in [0.5, 0.6) is 0 Å². The molecule has 1 heteroatoms. The van der Waals surface area contributed by atoms with Crippen LogP contribution >= 0.6 is 0 Å². The summed E-state index contributed by atoms with van der Waals surface area (Å²) in [5.74, 6) is 0. The summed E-state index contributed by atoms with van der Waals surface area (Å²) >= 11 is 0. The van der Waals surface area contributed by atoms with E-state index in [1.807, 2.05) is 6.20 Å². The first-order chi connectivity index (χ1) is 5.88. The van der Waals surface area contributed by atoms with Gasteiger partial charge in [-0.05, 0) is 25.1 Å². The van der Waals surface area contributed by atoms with Gasteiger partial charge >= 0.3 is 0 Å². The molecule has 0 aromatic carbocycles. The van der Waals surface area contributed by atoms with Crippen LogP contribution in [0.2, 0.25) is 0 Å². The predicted molar refractivity (Wildman–Crippen MR) is 53.7 cm³/mol. The Hall–Kier alpha value is -0.980. The highest BCUT2D eigenvalue weighted by Crippen LogP contribution is 2.16. The summed E-state index contributed by atoms with van der Waals surface area (Å²) in [4.78, 5) is 2.20. The van der Waals surface area contributed by atoms with Gasteiger partial charge in [-0.1, -0.05) is 32.1 Å². The van der Waals surface area contributed by atoms with Crippen molar-refractivity contribution in [3.05, 3.63) is 36.7 Å². The standard InChI is InChI=1S/C11H17N/c1-3-5-8-11-9-6-7-10-12(11)4-2/h4,6-7,9H,2-3,5,8,10H2,1H3. The van der Waals surface area contributed by atoms with Crippen molar-refractivity contribution in [3.8, 4) is 0 Å². The minimum atomic E-state index is 0.985. The van der Waals surface area contributed by atoms with E-state index in [1.54, 1.807) is 0 Å². The zero-order valence-electron chi connectivity index (χ0n) is 7.79. The van der Waals surface area contributed by atoms with E-state index < -0.39 is 0 Å². The molecule has 0 amide bonds. The molecule has 0 saturated carbocycles. The molecule has 12 heavy (non-hydrogen) atoms. The van der Waals surface area contributed by atoms with Gasteiger partial charge in [0.05, 0.1) is 0 Å². The molecule has 0 aromatic rings. The Morgan fingerprint density at radius 1 is 1.67 bits per heavy atom. The Morgan fingerprint density at radius 2 is 2.50 bits per heavy atom. The third-order valence-corrected chi connectivity index (χ3v) is 2.10. The fourth-order valence-corrected chi connectivity index (χ4v) is 1.34. The molecule has 0 unspecified atom stereocenters. The molecule has 1 nitrogen and oxygen atoms in total. The van der Waals surface area contributed by atoms with Gasteiger partial charge in [-0.25, -0.2) is 0 Å². The van der Waals surface area contributed by atoms with E-state index in [9.17, 15) is 0 Å². The maximum atomic E-state index is 3.79. The monoisotopic (exact) mass is 163 g/mol. The molecule has 1 aliphatic heterocycles. The molecule has 1 heterocycles. The number of hydrogen-bond acceptors (Lipinski definition) is 1. The van der Waals surface area contributed by atoms with E-state index in [1.165, 1.54) is 25.0 Å². The van der Waals surface area contributed by atoms with Crippen molar-refractivity contribution in [1.82, 2.24) is 4.90 Å². The first-order valence-electron chi connectivity index (χ1n) is 4.63. The molecule has 0 atom stereocenters. The fourth-order valence-electron chi connectivity index (χ4n) is 1.34. The lowest BCUT2D eigenvalue weighted by Crippen LogP contribution is -2.18. The average Bonchev–Trinajstić information content (AvgIpc) is 2.15. The third kappa shape index (κ3) is 2.26. The zero-order chi connectivity index (χ0) is 8.81. The van der Waals surface area contributed by atoms with Crippen LogP contribution in [-0.4, -0.2) is 11.4 Å². The van der Waals surface area contributed by atoms with E-state index in [2.05, 4.69) is 36.6 Å². The molecule has 0 N–H and O–H groups in total.